The van der Waals surface area contributed by atoms with E-state index in [1.54, 1.807) is 41.5 Å². The van der Waals surface area contributed by atoms with Gasteiger partial charge < -0.3 is 4.90 Å². The average Bonchev–Trinajstić information content (AvgIpc) is 3.18. The Morgan fingerprint density at radius 2 is 2.00 bits per heavy atom. The summed E-state index contributed by atoms with van der Waals surface area (Å²) < 4.78 is 27.0. The van der Waals surface area contributed by atoms with Crippen LogP contribution in [-0.2, 0) is 21.4 Å². The van der Waals surface area contributed by atoms with Gasteiger partial charge in [0.2, 0.25) is 5.91 Å². The number of rotatable bonds is 5. The van der Waals surface area contributed by atoms with Gasteiger partial charge in [0.15, 0.2) is 0 Å². The summed E-state index contributed by atoms with van der Waals surface area (Å²) in [6.07, 6.45) is 0. The van der Waals surface area contributed by atoms with Gasteiger partial charge in [-0.25, -0.2) is 8.42 Å². The van der Waals surface area contributed by atoms with Crippen LogP contribution in [0.2, 0.25) is 0 Å². The Balaban J connectivity index is 1.89. The van der Waals surface area contributed by atoms with Crippen molar-refractivity contribution in [1.82, 2.24) is 9.62 Å². The van der Waals surface area contributed by atoms with Crippen LogP contribution in [0.5, 0.6) is 0 Å². The second kappa shape index (κ2) is 7.20. The zero-order valence-electron chi connectivity index (χ0n) is 14.8. The lowest BCUT2D eigenvalue weighted by Gasteiger charge is -2.24. The number of aliphatic imine (C=N–C) groups is 1. The van der Waals surface area contributed by atoms with Gasteiger partial charge in [-0.15, -0.1) is 0 Å². The van der Waals surface area contributed by atoms with E-state index in [0.717, 1.165) is 5.56 Å². The van der Waals surface area contributed by atoms with Crippen LogP contribution in [0.1, 0.15) is 25.0 Å². The van der Waals surface area contributed by atoms with Crippen molar-refractivity contribution in [3.63, 3.8) is 0 Å². The average molecular weight is 392 g/mol. The fourth-order valence-electron chi connectivity index (χ4n) is 2.82. The number of carbonyl (C=O) groups excluding carboxylic acids is 1. The minimum Gasteiger partial charge on any atom is -0.340 e. The van der Waals surface area contributed by atoms with E-state index in [1.807, 2.05) is 30.7 Å². The van der Waals surface area contributed by atoms with E-state index in [1.165, 1.54) is 6.07 Å². The van der Waals surface area contributed by atoms with Crippen molar-refractivity contribution in [2.75, 3.05) is 7.05 Å². The number of sulfonamides is 1. The molecule has 6 nitrogen and oxygen atoms in total. The third kappa shape index (κ3) is 3.66. The SMILES string of the molecule is CC(C)[C@H](N=C1NS(=O)(=O)c2ccccc21)C(=O)N(C)Cc1ccsc1. The molecular weight excluding hydrogens is 370 g/mol. The lowest BCUT2D eigenvalue weighted by molar-refractivity contribution is -0.132. The maximum atomic E-state index is 12.9. The van der Waals surface area contributed by atoms with Crippen molar-refractivity contribution in [1.29, 1.82) is 0 Å². The lowest BCUT2D eigenvalue weighted by Crippen LogP contribution is -2.39. The number of benzene rings is 1. The van der Waals surface area contributed by atoms with E-state index < -0.39 is 16.1 Å². The third-order valence-electron chi connectivity index (χ3n) is 4.19. The van der Waals surface area contributed by atoms with Crippen LogP contribution >= 0.6 is 11.3 Å². The monoisotopic (exact) mass is 391 g/mol. The van der Waals surface area contributed by atoms with E-state index in [9.17, 15) is 13.2 Å². The molecule has 0 aliphatic carbocycles. The van der Waals surface area contributed by atoms with Gasteiger partial charge in [0.25, 0.3) is 10.0 Å². The highest BCUT2D eigenvalue weighted by molar-refractivity contribution is 7.90. The van der Waals surface area contributed by atoms with Gasteiger partial charge in [-0.3, -0.25) is 14.5 Å². The standard InChI is InChI=1S/C18H21N3O3S2/c1-12(2)16(18(22)21(3)10-13-8-9-25-11-13)19-17-14-6-4-5-7-15(14)26(23,24)20-17/h4-9,11-12,16H,10H2,1-3H3,(H,19,20)/t16-/m0/s1. The number of carbonyl (C=O) groups is 1. The Kier molecular flexibility index (Phi) is 5.15. The summed E-state index contributed by atoms with van der Waals surface area (Å²) >= 11 is 1.58. The molecule has 2 aromatic rings. The predicted octanol–water partition coefficient (Wildman–Crippen LogP) is 2.47. The van der Waals surface area contributed by atoms with Crippen LogP contribution in [0.25, 0.3) is 0 Å². The first-order valence-electron chi connectivity index (χ1n) is 8.25. The molecule has 0 fully saturated rings. The molecule has 0 unspecified atom stereocenters. The summed E-state index contributed by atoms with van der Waals surface area (Å²) in [7, 11) is -1.88. The molecule has 2 heterocycles. The van der Waals surface area contributed by atoms with Crippen LogP contribution in [0.3, 0.4) is 0 Å². The van der Waals surface area contributed by atoms with Crippen molar-refractivity contribution < 1.29 is 13.2 Å². The fraction of sp³-hybridized carbons (Fsp3) is 0.333. The molecule has 1 aliphatic rings. The van der Waals surface area contributed by atoms with Gasteiger partial charge in [-0.1, -0.05) is 26.0 Å². The zero-order chi connectivity index (χ0) is 18.9. The second-order valence-electron chi connectivity index (χ2n) is 6.59. The molecule has 1 aromatic heterocycles. The number of likely N-dealkylation sites (N-methyl/N-ethyl adjacent to an activating group) is 1. The Hall–Kier alpha value is -2.19. The predicted molar refractivity (Wildman–Crippen MR) is 103 cm³/mol. The van der Waals surface area contributed by atoms with E-state index >= 15 is 0 Å². The number of fused-ring (bicyclic) bond motifs is 1. The van der Waals surface area contributed by atoms with Crippen LogP contribution in [0.4, 0.5) is 0 Å². The molecule has 138 valence electrons. The third-order valence-corrected chi connectivity index (χ3v) is 6.32. The summed E-state index contributed by atoms with van der Waals surface area (Å²) in [6, 6.07) is 7.97. The largest absolute Gasteiger partial charge is 0.340 e. The smallest absolute Gasteiger partial charge is 0.263 e. The van der Waals surface area contributed by atoms with Gasteiger partial charge >= 0.3 is 0 Å². The quantitative estimate of drug-likeness (QED) is 0.850. The van der Waals surface area contributed by atoms with Gasteiger partial charge in [-0.05, 0) is 40.4 Å². The number of amidine groups is 1. The highest BCUT2D eigenvalue weighted by Gasteiger charge is 2.33. The Labute approximate surface area is 157 Å². The Morgan fingerprint density at radius 3 is 2.65 bits per heavy atom. The lowest BCUT2D eigenvalue weighted by atomic mass is 10.0. The number of amides is 1. The second-order valence-corrected chi connectivity index (χ2v) is 9.02. The van der Waals surface area contributed by atoms with Gasteiger partial charge in [0.05, 0.1) is 4.90 Å². The number of hydrogen-bond acceptors (Lipinski definition) is 5. The summed E-state index contributed by atoms with van der Waals surface area (Å²) in [5.41, 5.74) is 1.57. The van der Waals surface area contributed by atoms with Crippen LogP contribution in [0.15, 0.2) is 51.0 Å². The van der Waals surface area contributed by atoms with Crippen molar-refractivity contribution in [3.05, 3.63) is 52.2 Å². The van der Waals surface area contributed by atoms with E-state index in [0.29, 0.717) is 12.1 Å². The van der Waals surface area contributed by atoms with Gasteiger partial charge in [0.1, 0.15) is 11.9 Å². The summed E-state index contributed by atoms with van der Waals surface area (Å²) in [5, 5.41) is 3.97. The maximum Gasteiger partial charge on any atom is 0.263 e. The topological polar surface area (TPSA) is 78.8 Å². The first-order valence-corrected chi connectivity index (χ1v) is 10.7. The van der Waals surface area contributed by atoms with Crippen molar-refractivity contribution in [3.8, 4) is 0 Å². The number of thiophene rings is 1. The molecule has 0 spiro atoms. The maximum absolute atomic E-state index is 12.9. The normalized spacial score (nSPS) is 17.8. The van der Waals surface area contributed by atoms with E-state index in [2.05, 4.69) is 9.71 Å². The Morgan fingerprint density at radius 1 is 1.27 bits per heavy atom. The number of nitrogens with zero attached hydrogens (tertiary/aromatic N) is 2. The summed E-state index contributed by atoms with van der Waals surface area (Å²) in [6.45, 7) is 4.31. The molecular formula is C18H21N3O3S2. The van der Waals surface area contributed by atoms with Gasteiger partial charge in [-0.2, -0.15) is 11.3 Å². The van der Waals surface area contributed by atoms with E-state index in [-0.39, 0.29) is 22.6 Å². The van der Waals surface area contributed by atoms with Crippen LogP contribution in [-0.4, -0.2) is 38.2 Å². The van der Waals surface area contributed by atoms with E-state index in [4.69, 9.17) is 0 Å². The molecule has 0 saturated carbocycles. The molecule has 3 rings (SSSR count). The van der Waals surface area contributed by atoms with Crippen LogP contribution < -0.4 is 4.72 Å². The Bertz CT molecular complexity index is 934. The zero-order valence-corrected chi connectivity index (χ0v) is 16.5. The van der Waals surface area contributed by atoms with Crippen molar-refractivity contribution in [2.24, 2.45) is 10.9 Å². The van der Waals surface area contributed by atoms with Crippen molar-refractivity contribution in [2.45, 2.75) is 31.3 Å². The summed E-state index contributed by atoms with van der Waals surface area (Å²) in [5.74, 6) is 0.0241. The molecule has 0 saturated heterocycles. The minimum atomic E-state index is -3.62. The first kappa shape index (κ1) is 18.6. The highest BCUT2D eigenvalue weighted by Crippen LogP contribution is 2.24. The van der Waals surface area contributed by atoms with Gasteiger partial charge in [0, 0.05) is 19.2 Å². The first-order chi connectivity index (χ1) is 12.3. The molecule has 1 amide bonds. The van der Waals surface area contributed by atoms with Crippen molar-refractivity contribution >= 4 is 33.1 Å². The number of nitrogens with one attached hydrogen (secondary N) is 1. The van der Waals surface area contributed by atoms with Crippen LogP contribution in [0, 0.1) is 5.92 Å². The molecule has 26 heavy (non-hydrogen) atoms. The molecule has 1 aromatic carbocycles. The molecule has 1 aliphatic heterocycles. The fourth-order valence-corrected chi connectivity index (χ4v) is 4.72. The highest BCUT2D eigenvalue weighted by atomic mass is 32.2. The minimum absolute atomic E-state index is 0.0720. The molecule has 1 atom stereocenters. The molecule has 0 bridgehead atoms. The molecule has 1 N–H and O–H groups in total. The summed E-state index contributed by atoms with van der Waals surface area (Å²) in [4.78, 5) is 19.2. The number of hydrogen-bond donors (Lipinski definition) is 1. The molecule has 8 heteroatoms. The molecule has 0 radical (unpaired) electrons.